The molecule has 0 fully saturated rings. The standard InChI is InChI=1S/C6H6FNO2/c7-4-1-3(8)2-5(9)6(4)10/h1-2,9-10H,8H2. The van der Waals surface area contributed by atoms with Crippen LogP contribution in [0.3, 0.4) is 0 Å². The van der Waals surface area contributed by atoms with Crippen molar-refractivity contribution in [3.8, 4) is 11.5 Å². The number of nitrogens with two attached hydrogens (primary N) is 1. The van der Waals surface area contributed by atoms with E-state index in [-0.39, 0.29) is 5.69 Å². The van der Waals surface area contributed by atoms with E-state index in [1.54, 1.807) is 0 Å². The van der Waals surface area contributed by atoms with Gasteiger partial charge < -0.3 is 15.9 Å². The fourth-order valence-corrected chi connectivity index (χ4v) is 0.605. The first-order chi connectivity index (χ1) is 4.61. The predicted octanol–water partition coefficient (Wildman–Crippen LogP) is 0.819. The van der Waals surface area contributed by atoms with E-state index in [1.165, 1.54) is 0 Å². The van der Waals surface area contributed by atoms with Crippen molar-refractivity contribution in [2.45, 2.75) is 0 Å². The van der Waals surface area contributed by atoms with Gasteiger partial charge in [0.15, 0.2) is 17.3 Å². The molecule has 0 unspecified atom stereocenters. The number of nitrogen functional groups attached to an aromatic ring is 1. The Balaban J connectivity index is 3.31. The zero-order valence-electron chi connectivity index (χ0n) is 5.00. The smallest absolute Gasteiger partial charge is 0.194 e. The molecule has 0 aromatic heterocycles. The van der Waals surface area contributed by atoms with E-state index in [9.17, 15) is 4.39 Å². The minimum Gasteiger partial charge on any atom is -0.504 e. The van der Waals surface area contributed by atoms with E-state index in [0.29, 0.717) is 0 Å². The first-order valence-electron chi connectivity index (χ1n) is 2.58. The SMILES string of the molecule is Nc1cc(O)c(O)c(F)c1. The van der Waals surface area contributed by atoms with Crippen molar-refractivity contribution in [1.82, 2.24) is 0 Å². The number of aromatic hydroxyl groups is 2. The fourth-order valence-electron chi connectivity index (χ4n) is 0.605. The quantitative estimate of drug-likeness (QED) is 0.286. The molecule has 1 rings (SSSR count). The molecule has 0 aliphatic rings. The zero-order chi connectivity index (χ0) is 7.72. The minimum absolute atomic E-state index is 0.0767. The molecule has 0 spiro atoms. The van der Waals surface area contributed by atoms with Crippen molar-refractivity contribution in [3.63, 3.8) is 0 Å². The number of hydrogen-bond donors (Lipinski definition) is 3. The Morgan fingerprint density at radius 3 is 2.40 bits per heavy atom. The van der Waals surface area contributed by atoms with Crippen LogP contribution in [-0.2, 0) is 0 Å². The lowest BCUT2D eigenvalue weighted by Crippen LogP contribution is -1.86. The van der Waals surface area contributed by atoms with Gasteiger partial charge in [-0.05, 0) is 0 Å². The highest BCUT2D eigenvalue weighted by atomic mass is 19.1. The molecule has 0 saturated heterocycles. The van der Waals surface area contributed by atoms with Crippen LogP contribution in [0.5, 0.6) is 11.5 Å². The number of rotatable bonds is 0. The predicted molar refractivity (Wildman–Crippen MR) is 34.1 cm³/mol. The summed E-state index contributed by atoms with van der Waals surface area (Å²) in [7, 11) is 0. The minimum atomic E-state index is -0.919. The molecule has 0 radical (unpaired) electrons. The maximum atomic E-state index is 12.4. The van der Waals surface area contributed by atoms with Crippen LogP contribution in [-0.4, -0.2) is 10.2 Å². The highest BCUT2D eigenvalue weighted by Gasteiger charge is 2.05. The van der Waals surface area contributed by atoms with Crippen molar-refractivity contribution in [1.29, 1.82) is 0 Å². The maximum absolute atomic E-state index is 12.4. The average molecular weight is 143 g/mol. The Hall–Kier alpha value is -1.45. The van der Waals surface area contributed by atoms with Crippen molar-refractivity contribution in [3.05, 3.63) is 17.9 Å². The Kier molecular flexibility index (Phi) is 1.37. The highest BCUT2D eigenvalue weighted by molar-refractivity contribution is 5.51. The van der Waals surface area contributed by atoms with Crippen molar-refractivity contribution in [2.75, 3.05) is 5.73 Å². The van der Waals surface area contributed by atoms with Crippen molar-refractivity contribution >= 4 is 5.69 Å². The maximum Gasteiger partial charge on any atom is 0.194 e. The molecule has 0 aliphatic heterocycles. The molecular weight excluding hydrogens is 137 g/mol. The molecule has 4 heteroatoms. The molecule has 0 heterocycles. The van der Waals surface area contributed by atoms with Gasteiger partial charge in [0, 0.05) is 17.8 Å². The summed E-state index contributed by atoms with van der Waals surface area (Å²) in [5, 5.41) is 17.4. The lowest BCUT2D eigenvalue weighted by atomic mass is 10.3. The second-order valence-corrected chi connectivity index (χ2v) is 1.87. The number of anilines is 1. The molecule has 1 aromatic rings. The molecule has 1 aromatic carbocycles. The Bertz CT molecular complexity index is 239. The van der Waals surface area contributed by atoms with E-state index in [0.717, 1.165) is 12.1 Å². The second-order valence-electron chi connectivity index (χ2n) is 1.87. The molecule has 0 bridgehead atoms. The number of hydrogen-bond acceptors (Lipinski definition) is 3. The summed E-state index contributed by atoms with van der Waals surface area (Å²) >= 11 is 0. The van der Waals surface area contributed by atoms with Gasteiger partial charge in [0.2, 0.25) is 0 Å². The Labute approximate surface area is 56.5 Å². The van der Waals surface area contributed by atoms with Gasteiger partial charge in [0.1, 0.15) is 0 Å². The third-order valence-electron chi connectivity index (χ3n) is 1.07. The van der Waals surface area contributed by atoms with Gasteiger partial charge in [0.25, 0.3) is 0 Å². The van der Waals surface area contributed by atoms with Gasteiger partial charge >= 0.3 is 0 Å². The van der Waals surface area contributed by atoms with E-state index in [2.05, 4.69) is 0 Å². The van der Waals surface area contributed by atoms with E-state index in [4.69, 9.17) is 15.9 Å². The summed E-state index contributed by atoms with van der Waals surface area (Å²) in [5.74, 6) is -2.23. The molecule has 0 saturated carbocycles. The van der Waals surface area contributed by atoms with Crippen LogP contribution < -0.4 is 5.73 Å². The largest absolute Gasteiger partial charge is 0.504 e. The second kappa shape index (κ2) is 2.06. The Morgan fingerprint density at radius 1 is 1.30 bits per heavy atom. The van der Waals surface area contributed by atoms with Crippen molar-refractivity contribution < 1.29 is 14.6 Å². The first-order valence-corrected chi connectivity index (χ1v) is 2.58. The molecular formula is C6H6FNO2. The van der Waals surface area contributed by atoms with Gasteiger partial charge in [-0.1, -0.05) is 0 Å². The number of phenolic OH excluding ortho intramolecular Hbond substituents is 2. The number of benzene rings is 1. The van der Waals surface area contributed by atoms with Gasteiger partial charge in [-0.25, -0.2) is 4.39 Å². The lowest BCUT2D eigenvalue weighted by molar-refractivity contribution is 0.379. The van der Waals surface area contributed by atoms with Crippen LogP contribution >= 0.6 is 0 Å². The van der Waals surface area contributed by atoms with E-state index >= 15 is 0 Å². The number of halogens is 1. The molecule has 0 aliphatic carbocycles. The van der Waals surface area contributed by atoms with Gasteiger partial charge in [-0.3, -0.25) is 0 Å². The zero-order valence-corrected chi connectivity index (χ0v) is 5.00. The molecule has 54 valence electrons. The monoisotopic (exact) mass is 143 g/mol. The fraction of sp³-hybridized carbons (Fsp3) is 0. The average Bonchev–Trinajstić information content (AvgIpc) is 1.82. The van der Waals surface area contributed by atoms with Crippen LogP contribution in [0, 0.1) is 5.82 Å². The lowest BCUT2D eigenvalue weighted by Gasteiger charge is -1.98. The molecule has 0 atom stereocenters. The van der Waals surface area contributed by atoms with Crippen molar-refractivity contribution in [2.24, 2.45) is 0 Å². The number of phenols is 2. The first kappa shape index (κ1) is 6.67. The summed E-state index contributed by atoms with van der Waals surface area (Å²) in [5.41, 5.74) is 5.19. The summed E-state index contributed by atoms with van der Waals surface area (Å²) in [6, 6.07) is 1.99. The molecule has 0 amide bonds. The molecule has 3 nitrogen and oxygen atoms in total. The van der Waals surface area contributed by atoms with Crippen LogP contribution in [0.4, 0.5) is 10.1 Å². The molecule has 4 N–H and O–H groups in total. The summed E-state index contributed by atoms with van der Waals surface area (Å²) < 4.78 is 12.4. The molecule has 10 heavy (non-hydrogen) atoms. The summed E-state index contributed by atoms with van der Waals surface area (Å²) in [6.07, 6.45) is 0. The van der Waals surface area contributed by atoms with Crippen LogP contribution in [0.25, 0.3) is 0 Å². The summed E-state index contributed by atoms with van der Waals surface area (Å²) in [6.45, 7) is 0. The highest BCUT2D eigenvalue weighted by Crippen LogP contribution is 2.29. The van der Waals surface area contributed by atoms with Gasteiger partial charge in [0.05, 0.1) is 0 Å². The van der Waals surface area contributed by atoms with Gasteiger partial charge in [-0.2, -0.15) is 0 Å². The third kappa shape index (κ3) is 0.953. The van der Waals surface area contributed by atoms with E-state index < -0.39 is 17.3 Å². The van der Waals surface area contributed by atoms with Gasteiger partial charge in [-0.15, -0.1) is 0 Å². The Morgan fingerprint density at radius 2 is 1.90 bits per heavy atom. The van der Waals surface area contributed by atoms with Crippen LogP contribution in [0.1, 0.15) is 0 Å². The van der Waals surface area contributed by atoms with E-state index in [1.807, 2.05) is 0 Å². The topological polar surface area (TPSA) is 66.5 Å². The van der Waals surface area contributed by atoms with Crippen LogP contribution in [0.2, 0.25) is 0 Å². The summed E-state index contributed by atoms with van der Waals surface area (Å²) in [4.78, 5) is 0. The normalized spacial score (nSPS) is 9.70. The third-order valence-corrected chi connectivity index (χ3v) is 1.07. The van der Waals surface area contributed by atoms with Crippen LogP contribution in [0.15, 0.2) is 12.1 Å².